The normalized spacial score (nSPS) is 15.9. The maximum atomic E-state index is 13.0. The molecule has 2 aromatic rings. The van der Waals surface area contributed by atoms with Crippen molar-refractivity contribution in [2.45, 2.75) is 71.6 Å². The molecular formula is C24H32N2O2. The van der Waals surface area contributed by atoms with E-state index in [4.69, 9.17) is 0 Å². The highest BCUT2D eigenvalue weighted by atomic mass is 16.2. The third-order valence-electron chi connectivity index (χ3n) is 6.03. The van der Waals surface area contributed by atoms with Crippen LogP contribution in [0.1, 0.15) is 80.0 Å². The minimum absolute atomic E-state index is 0.193. The highest BCUT2D eigenvalue weighted by Gasteiger charge is 2.33. The van der Waals surface area contributed by atoms with Crippen LogP contribution in [0.4, 0.5) is 5.69 Å². The Hall–Kier alpha value is -2.36. The van der Waals surface area contributed by atoms with Crippen molar-refractivity contribution in [3.63, 3.8) is 0 Å². The van der Waals surface area contributed by atoms with Gasteiger partial charge in [-0.2, -0.15) is 0 Å². The summed E-state index contributed by atoms with van der Waals surface area (Å²) in [6.45, 7) is 4.12. The van der Waals surface area contributed by atoms with E-state index in [0.29, 0.717) is 5.69 Å². The van der Waals surface area contributed by atoms with Crippen molar-refractivity contribution in [1.82, 2.24) is 4.98 Å². The smallest absolute Gasteiger partial charge is 0.261 e. The molecule has 1 saturated carbocycles. The Kier molecular flexibility index (Phi) is 6.71. The summed E-state index contributed by atoms with van der Waals surface area (Å²) >= 11 is 0. The fourth-order valence-corrected chi connectivity index (χ4v) is 4.59. The Bertz CT molecular complexity index is 849. The summed E-state index contributed by atoms with van der Waals surface area (Å²) < 4.78 is 0. The summed E-state index contributed by atoms with van der Waals surface area (Å²) in [7, 11) is 0. The van der Waals surface area contributed by atoms with E-state index in [1.165, 1.54) is 57.4 Å². The van der Waals surface area contributed by atoms with E-state index in [1.807, 2.05) is 37.3 Å². The van der Waals surface area contributed by atoms with Gasteiger partial charge in [-0.05, 0) is 50.2 Å². The second kappa shape index (κ2) is 9.22. The number of hydrogen-bond donors (Lipinski definition) is 2. The highest BCUT2D eigenvalue weighted by Crippen LogP contribution is 2.43. The molecule has 28 heavy (non-hydrogen) atoms. The molecule has 1 aliphatic carbocycles. The lowest BCUT2D eigenvalue weighted by molar-refractivity contribution is 0.102. The maximum Gasteiger partial charge on any atom is 0.261 e. The van der Waals surface area contributed by atoms with Crippen LogP contribution < -0.4 is 10.7 Å². The van der Waals surface area contributed by atoms with Gasteiger partial charge in [-0.15, -0.1) is 0 Å². The molecule has 4 nitrogen and oxygen atoms in total. The number of para-hydroxylation sites is 1. The summed E-state index contributed by atoms with van der Waals surface area (Å²) in [4.78, 5) is 29.1. The first kappa shape index (κ1) is 20.4. The fraction of sp³-hybridized carbons (Fsp3) is 0.500. The van der Waals surface area contributed by atoms with Gasteiger partial charge in [0.05, 0.1) is 0 Å². The van der Waals surface area contributed by atoms with Gasteiger partial charge in [0.2, 0.25) is 0 Å². The van der Waals surface area contributed by atoms with Crippen LogP contribution >= 0.6 is 0 Å². The average molecular weight is 381 g/mol. The van der Waals surface area contributed by atoms with Crippen LogP contribution in [0, 0.1) is 12.3 Å². The Balaban J connectivity index is 1.93. The molecule has 150 valence electrons. The van der Waals surface area contributed by atoms with Crippen molar-refractivity contribution in [2.75, 3.05) is 5.32 Å². The lowest BCUT2D eigenvalue weighted by Crippen LogP contribution is -2.31. The molecule has 1 amide bonds. The first-order valence-electron chi connectivity index (χ1n) is 10.6. The summed E-state index contributed by atoms with van der Waals surface area (Å²) in [5.41, 5.74) is 2.61. The van der Waals surface area contributed by atoms with Crippen molar-refractivity contribution in [1.29, 1.82) is 0 Å². The maximum absolute atomic E-state index is 13.0. The van der Waals surface area contributed by atoms with E-state index < -0.39 is 0 Å². The van der Waals surface area contributed by atoms with E-state index in [1.54, 1.807) is 0 Å². The standard InChI is InChI=1S/C24H32N2O2/c1-3-4-13-24(14-9-6-10-15-24)17-20-22(21(27)16-18(2)25-20)23(28)26-19-11-7-5-8-12-19/h5,7-8,11-12,16H,3-4,6,9-10,13-15,17H2,1-2H3,(H,25,27)(H,26,28). The Labute approximate surface area is 167 Å². The van der Waals surface area contributed by atoms with Crippen molar-refractivity contribution >= 4 is 11.6 Å². The Morgan fingerprint density at radius 2 is 1.86 bits per heavy atom. The summed E-state index contributed by atoms with van der Waals surface area (Å²) in [5, 5.41) is 2.89. The molecule has 1 heterocycles. The number of carbonyl (C=O) groups is 1. The van der Waals surface area contributed by atoms with Gasteiger partial charge in [-0.25, -0.2) is 0 Å². The zero-order valence-corrected chi connectivity index (χ0v) is 17.1. The van der Waals surface area contributed by atoms with Crippen LogP contribution in [0.25, 0.3) is 0 Å². The summed E-state index contributed by atoms with van der Waals surface area (Å²) in [5.74, 6) is -0.316. The number of aryl methyl sites for hydroxylation is 1. The van der Waals surface area contributed by atoms with Crippen molar-refractivity contribution < 1.29 is 4.79 Å². The van der Waals surface area contributed by atoms with E-state index in [2.05, 4.69) is 17.2 Å². The lowest BCUT2D eigenvalue weighted by atomic mass is 9.68. The molecule has 0 spiro atoms. The topological polar surface area (TPSA) is 62.0 Å². The molecule has 0 saturated heterocycles. The van der Waals surface area contributed by atoms with Crippen LogP contribution in [0.15, 0.2) is 41.2 Å². The van der Waals surface area contributed by atoms with Gasteiger partial charge in [0.25, 0.3) is 5.91 Å². The number of amides is 1. The number of pyridine rings is 1. The average Bonchev–Trinajstić information content (AvgIpc) is 2.67. The Morgan fingerprint density at radius 3 is 2.54 bits per heavy atom. The first-order valence-corrected chi connectivity index (χ1v) is 10.6. The lowest BCUT2D eigenvalue weighted by Gasteiger charge is -2.38. The van der Waals surface area contributed by atoms with Gasteiger partial charge in [0, 0.05) is 23.1 Å². The summed E-state index contributed by atoms with van der Waals surface area (Å²) in [6, 6.07) is 10.9. The van der Waals surface area contributed by atoms with Crippen LogP contribution in [0.2, 0.25) is 0 Å². The monoisotopic (exact) mass is 380 g/mol. The number of carbonyl (C=O) groups excluding carboxylic acids is 1. The number of H-pyrrole nitrogens is 1. The minimum Gasteiger partial charge on any atom is -0.362 e. The molecule has 1 aliphatic rings. The number of aromatic nitrogens is 1. The second-order valence-electron chi connectivity index (χ2n) is 8.33. The van der Waals surface area contributed by atoms with Crippen LogP contribution in [0.3, 0.4) is 0 Å². The van der Waals surface area contributed by atoms with Gasteiger partial charge in [0.1, 0.15) is 5.56 Å². The van der Waals surface area contributed by atoms with Crippen LogP contribution in [0.5, 0.6) is 0 Å². The van der Waals surface area contributed by atoms with Gasteiger partial charge in [0.15, 0.2) is 5.43 Å². The molecule has 1 aromatic heterocycles. The van der Waals surface area contributed by atoms with Gasteiger partial charge >= 0.3 is 0 Å². The first-order chi connectivity index (χ1) is 13.5. The molecule has 0 atom stereocenters. The number of benzene rings is 1. The largest absolute Gasteiger partial charge is 0.362 e. The molecule has 1 fully saturated rings. The highest BCUT2D eigenvalue weighted by molar-refractivity contribution is 6.05. The quantitative estimate of drug-likeness (QED) is 0.655. The van der Waals surface area contributed by atoms with Crippen molar-refractivity contribution in [3.05, 3.63) is 63.6 Å². The number of nitrogens with one attached hydrogen (secondary N) is 2. The molecular weight excluding hydrogens is 348 g/mol. The molecule has 0 unspecified atom stereocenters. The van der Waals surface area contributed by atoms with Crippen molar-refractivity contribution in [2.24, 2.45) is 5.41 Å². The third kappa shape index (κ3) is 4.92. The number of rotatable bonds is 7. The van der Waals surface area contributed by atoms with E-state index in [9.17, 15) is 9.59 Å². The molecule has 4 heteroatoms. The van der Waals surface area contributed by atoms with Crippen LogP contribution in [-0.2, 0) is 6.42 Å². The number of unbranched alkanes of at least 4 members (excludes halogenated alkanes) is 1. The zero-order valence-electron chi connectivity index (χ0n) is 17.1. The third-order valence-corrected chi connectivity index (χ3v) is 6.03. The molecule has 0 radical (unpaired) electrons. The predicted octanol–water partition coefficient (Wildman–Crippen LogP) is 5.62. The summed E-state index contributed by atoms with van der Waals surface area (Å²) in [6.07, 6.45) is 10.5. The van der Waals surface area contributed by atoms with Crippen molar-refractivity contribution in [3.8, 4) is 0 Å². The van der Waals surface area contributed by atoms with Gasteiger partial charge in [-0.3, -0.25) is 9.59 Å². The molecule has 2 N–H and O–H groups in total. The van der Waals surface area contributed by atoms with Gasteiger partial charge in [-0.1, -0.05) is 57.2 Å². The van der Waals surface area contributed by atoms with Crippen LogP contribution in [-0.4, -0.2) is 10.9 Å². The molecule has 0 aliphatic heterocycles. The van der Waals surface area contributed by atoms with Gasteiger partial charge < -0.3 is 10.3 Å². The minimum atomic E-state index is -0.316. The molecule has 3 rings (SSSR count). The van der Waals surface area contributed by atoms with E-state index in [-0.39, 0.29) is 22.3 Å². The number of hydrogen-bond acceptors (Lipinski definition) is 2. The van der Waals surface area contributed by atoms with E-state index >= 15 is 0 Å². The number of anilines is 1. The Morgan fingerprint density at radius 1 is 1.14 bits per heavy atom. The predicted molar refractivity (Wildman–Crippen MR) is 115 cm³/mol. The fourth-order valence-electron chi connectivity index (χ4n) is 4.59. The SMILES string of the molecule is CCCCC1(Cc2[nH]c(C)cc(=O)c2C(=O)Nc2ccccc2)CCCCC1. The molecule has 0 bridgehead atoms. The number of aromatic amines is 1. The second-order valence-corrected chi connectivity index (χ2v) is 8.33. The molecule has 1 aromatic carbocycles. The van der Waals surface area contributed by atoms with E-state index in [0.717, 1.165) is 17.8 Å². The zero-order chi connectivity index (χ0) is 20.0.